The fourth-order valence-electron chi connectivity index (χ4n) is 1.78. The molecule has 0 saturated heterocycles. The molecule has 0 fully saturated rings. The van der Waals surface area contributed by atoms with E-state index in [-0.39, 0.29) is 0 Å². The maximum Gasteiger partial charge on any atom is 0.239 e. The first kappa shape index (κ1) is 14.1. The maximum absolute atomic E-state index is 5.86. The lowest BCUT2D eigenvalue weighted by Gasteiger charge is -2.19. The Morgan fingerprint density at radius 2 is 2.10 bits per heavy atom. The van der Waals surface area contributed by atoms with Crippen LogP contribution in [0.15, 0.2) is 36.5 Å². The summed E-state index contributed by atoms with van der Waals surface area (Å²) >= 11 is 0. The molecule has 0 aliphatic rings. The van der Waals surface area contributed by atoms with Gasteiger partial charge in [-0.25, -0.2) is 0 Å². The summed E-state index contributed by atoms with van der Waals surface area (Å²) in [4.78, 5) is 10.8. The van der Waals surface area contributed by atoms with Crippen molar-refractivity contribution in [3.8, 4) is 5.88 Å². The fourth-order valence-corrected chi connectivity index (χ4v) is 1.78. The number of rotatable bonds is 6. The van der Waals surface area contributed by atoms with Crippen LogP contribution in [0.2, 0.25) is 0 Å². The zero-order chi connectivity index (χ0) is 14.4. The highest BCUT2D eigenvalue weighted by atomic mass is 16.5. The van der Waals surface area contributed by atoms with E-state index in [9.17, 15) is 0 Å². The SMILES string of the molecule is CCCOc1nc(N(C)Cc2ccccn2)ccc1N. The molecule has 2 heterocycles. The molecule has 0 bridgehead atoms. The van der Waals surface area contributed by atoms with Crippen molar-refractivity contribution >= 4 is 11.5 Å². The van der Waals surface area contributed by atoms with Crippen LogP contribution in [0.3, 0.4) is 0 Å². The zero-order valence-electron chi connectivity index (χ0n) is 11.9. The number of hydrogen-bond donors (Lipinski definition) is 1. The largest absolute Gasteiger partial charge is 0.476 e. The summed E-state index contributed by atoms with van der Waals surface area (Å²) in [5.74, 6) is 1.31. The Balaban J connectivity index is 2.11. The highest BCUT2D eigenvalue weighted by Crippen LogP contribution is 2.23. The molecule has 2 aromatic heterocycles. The number of aromatic nitrogens is 2. The number of hydrogen-bond acceptors (Lipinski definition) is 5. The Morgan fingerprint density at radius 1 is 1.25 bits per heavy atom. The summed E-state index contributed by atoms with van der Waals surface area (Å²) in [6.45, 7) is 3.35. The molecule has 0 aliphatic heterocycles. The van der Waals surface area contributed by atoms with Crippen LogP contribution in [0.25, 0.3) is 0 Å². The van der Waals surface area contributed by atoms with Gasteiger partial charge in [-0.15, -0.1) is 0 Å². The number of ether oxygens (including phenoxy) is 1. The summed E-state index contributed by atoms with van der Waals surface area (Å²) in [7, 11) is 1.97. The number of nitrogens with two attached hydrogens (primary N) is 1. The van der Waals surface area contributed by atoms with Crippen LogP contribution in [0.5, 0.6) is 5.88 Å². The van der Waals surface area contributed by atoms with Crippen LogP contribution in [0.4, 0.5) is 11.5 Å². The Morgan fingerprint density at radius 3 is 2.80 bits per heavy atom. The van der Waals surface area contributed by atoms with Gasteiger partial charge in [-0.2, -0.15) is 4.98 Å². The normalized spacial score (nSPS) is 10.3. The standard InChI is InChI=1S/C15H20N4O/c1-3-10-20-15-13(16)7-8-14(18-15)19(2)11-12-6-4-5-9-17-12/h4-9H,3,10-11,16H2,1-2H3. The van der Waals surface area contributed by atoms with Crippen LogP contribution in [0.1, 0.15) is 19.0 Å². The summed E-state index contributed by atoms with van der Waals surface area (Å²) in [6.07, 6.45) is 2.71. The topological polar surface area (TPSA) is 64.3 Å². The minimum absolute atomic E-state index is 0.497. The summed E-state index contributed by atoms with van der Waals surface area (Å²) < 4.78 is 5.55. The van der Waals surface area contributed by atoms with Gasteiger partial charge in [0.1, 0.15) is 5.82 Å². The first-order valence-corrected chi connectivity index (χ1v) is 6.71. The molecule has 2 N–H and O–H groups in total. The van der Waals surface area contributed by atoms with Crippen molar-refractivity contribution in [2.75, 3.05) is 24.3 Å². The molecule has 106 valence electrons. The van der Waals surface area contributed by atoms with Gasteiger partial charge in [0.05, 0.1) is 24.5 Å². The summed E-state index contributed by atoms with van der Waals surface area (Å²) in [5.41, 5.74) is 7.42. The summed E-state index contributed by atoms with van der Waals surface area (Å²) in [5, 5.41) is 0. The molecule has 2 aromatic rings. The van der Waals surface area contributed by atoms with Crippen LogP contribution in [0, 0.1) is 0 Å². The van der Waals surface area contributed by atoms with Crippen molar-refractivity contribution in [3.63, 3.8) is 0 Å². The third-order valence-corrected chi connectivity index (χ3v) is 2.83. The van der Waals surface area contributed by atoms with E-state index in [1.54, 1.807) is 6.20 Å². The fraction of sp³-hybridized carbons (Fsp3) is 0.333. The Hall–Kier alpha value is -2.30. The van der Waals surface area contributed by atoms with E-state index in [1.165, 1.54) is 0 Å². The highest BCUT2D eigenvalue weighted by molar-refractivity contribution is 5.54. The number of pyridine rings is 2. The summed E-state index contributed by atoms with van der Waals surface area (Å²) in [6, 6.07) is 9.58. The average Bonchev–Trinajstić information content (AvgIpc) is 2.47. The maximum atomic E-state index is 5.86. The van der Waals surface area contributed by atoms with E-state index in [4.69, 9.17) is 10.5 Å². The monoisotopic (exact) mass is 272 g/mol. The van der Waals surface area contributed by atoms with Crippen molar-refractivity contribution in [1.82, 2.24) is 9.97 Å². The first-order chi connectivity index (χ1) is 9.70. The van der Waals surface area contributed by atoms with Crippen LogP contribution in [-0.2, 0) is 6.54 Å². The van der Waals surface area contributed by atoms with Crippen molar-refractivity contribution in [2.45, 2.75) is 19.9 Å². The quantitative estimate of drug-likeness (QED) is 0.875. The molecule has 5 heteroatoms. The lowest BCUT2D eigenvalue weighted by molar-refractivity contribution is 0.307. The molecule has 0 aliphatic carbocycles. The van der Waals surface area contributed by atoms with Crippen LogP contribution >= 0.6 is 0 Å². The second-order valence-corrected chi connectivity index (χ2v) is 4.59. The van der Waals surface area contributed by atoms with Crippen molar-refractivity contribution in [2.24, 2.45) is 0 Å². The molecule has 0 amide bonds. The predicted octanol–water partition coefficient (Wildman–Crippen LogP) is 2.48. The van der Waals surface area contributed by atoms with Gasteiger partial charge in [-0.1, -0.05) is 13.0 Å². The number of nitrogen functional groups attached to an aromatic ring is 1. The molecule has 5 nitrogen and oxygen atoms in total. The van der Waals surface area contributed by atoms with E-state index >= 15 is 0 Å². The van der Waals surface area contributed by atoms with Gasteiger partial charge in [-0.3, -0.25) is 4.98 Å². The third kappa shape index (κ3) is 3.60. The molecule has 0 unspecified atom stereocenters. The van der Waals surface area contributed by atoms with Gasteiger partial charge >= 0.3 is 0 Å². The Kier molecular flexibility index (Phi) is 4.76. The molecule has 0 radical (unpaired) electrons. The Bertz CT molecular complexity index is 545. The highest BCUT2D eigenvalue weighted by Gasteiger charge is 2.08. The van der Waals surface area contributed by atoms with E-state index in [1.807, 2.05) is 49.2 Å². The molecule has 20 heavy (non-hydrogen) atoms. The number of anilines is 2. The second-order valence-electron chi connectivity index (χ2n) is 4.59. The lowest BCUT2D eigenvalue weighted by Crippen LogP contribution is -2.19. The third-order valence-electron chi connectivity index (χ3n) is 2.83. The first-order valence-electron chi connectivity index (χ1n) is 6.71. The van der Waals surface area contributed by atoms with Crippen molar-refractivity contribution in [3.05, 3.63) is 42.2 Å². The van der Waals surface area contributed by atoms with Gasteiger partial charge in [0, 0.05) is 13.2 Å². The van der Waals surface area contributed by atoms with Gasteiger partial charge < -0.3 is 15.4 Å². The Labute approximate surface area is 119 Å². The number of nitrogens with zero attached hydrogens (tertiary/aromatic N) is 3. The lowest BCUT2D eigenvalue weighted by atomic mass is 10.3. The molecular formula is C15H20N4O. The molecule has 2 rings (SSSR count). The second kappa shape index (κ2) is 6.75. The molecule has 0 saturated carbocycles. The van der Waals surface area contributed by atoms with Gasteiger partial charge in [0.25, 0.3) is 0 Å². The van der Waals surface area contributed by atoms with E-state index < -0.39 is 0 Å². The minimum atomic E-state index is 0.497. The van der Waals surface area contributed by atoms with E-state index in [0.717, 1.165) is 17.9 Å². The predicted molar refractivity (Wildman–Crippen MR) is 80.8 cm³/mol. The van der Waals surface area contributed by atoms with Gasteiger partial charge in [-0.05, 0) is 30.7 Å². The molecule has 0 aromatic carbocycles. The minimum Gasteiger partial charge on any atom is -0.476 e. The van der Waals surface area contributed by atoms with Crippen molar-refractivity contribution in [1.29, 1.82) is 0 Å². The van der Waals surface area contributed by atoms with Crippen LogP contribution < -0.4 is 15.4 Å². The van der Waals surface area contributed by atoms with Crippen molar-refractivity contribution < 1.29 is 4.74 Å². The molecule has 0 atom stereocenters. The van der Waals surface area contributed by atoms with Gasteiger partial charge in [0.15, 0.2) is 0 Å². The molecular weight excluding hydrogens is 252 g/mol. The molecule has 0 spiro atoms. The van der Waals surface area contributed by atoms with Gasteiger partial charge in [0.2, 0.25) is 5.88 Å². The van der Waals surface area contributed by atoms with E-state index in [2.05, 4.69) is 9.97 Å². The zero-order valence-corrected chi connectivity index (χ0v) is 11.9. The smallest absolute Gasteiger partial charge is 0.239 e. The van der Waals surface area contributed by atoms with Crippen LogP contribution in [-0.4, -0.2) is 23.6 Å². The average molecular weight is 272 g/mol. The van der Waals surface area contributed by atoms with E-state index in [0.29, 0.717) is 24.7 Å².